The van der Waals surface area contributed by atoms with Gasteiger partial charge in [-0.3, -0.25) is 14.5 Å². The van der Waals surface area contributed by atoms with Crippen molar-refractivity contribution in [1.82, 2.24) is 14.9 Å². The molecule has 0 aliphatic heterocycles. The van der Waals surface area contributed by atoms with E-state index < -0.39 is 29.2 Å². The summed E-state index contributed by atoms with van der Waals surface area (Å²) in [6.45, 7) is 7.55. The SMILES string of the molecule is CCC(C)(C)NC(=O)C(c1ccccc1F)N(C(=O)c1csnn1)c1ccccc1C. The van der Waals surface area contributed by atoms with Crippen LogP contribution in [0.3, 0.4) is 0 Å². The Kier molecular flexibility index (Phi) is 6.80. The molecule has 31 heavy (non-hydrogen) atoms. The minimum absolute atomic E-state index is 0.0946. The lowest BCUT2D eigenvalue weighted by atomic mass is 9.97. The molecule has 8 heteroatoms. The Morgan fingerprint density at radius 1 is 1.16 bits per heavy atom. The maximum atomic E-state index is 15.0. The lowest BCUT2D eigenvalue weighted by molar-refractivity contribution is -0.124. The van der Waals surface area contributed by atoms with Crippen molar-refractivity contribution in [1.29, 1.82) is 0 Å². The van der Waals surface area contributed by atoms with Gasteiger partial charge in [0, 0.05) is 22.2 Å². The molecule has 0 aliphatic carbocycles. The average molecular weight is 441 g/mol. The molecule has 1 atom stereocenters. The third-order valence-electron chi connectivity index (χ3n) is 5.22. The van der Waals surface area contributed by atoms with E-state index in [0.29, 0.717) is 12.1 Å². The number of aromatic nitrogens is 2. The van der Waals surface area contributed by atoms with Gasteiger partial charge in [-0.25, -0.2) is 4.39 Å². The van der Waals surface area contributed by atoms with Crippen LogP contribution in [-0.4, -0.2) is 26.9 Å². The maximum absolute atomic E-state index is 15.0. The summed E-state index contributed by atoms with van der Waals surface area (Å²) in [5.41, 5.74) is 0.924. The Morgan fingerprint density at radius 2 is 1.84 bits per heavy atom. The summed E-state index contributed by atoms with van der Waals surface area (Å²) in [4.78, 5) is 28.4. The van der Waals surface area contributed by atoms with Gasteiger partial charge in [0.2, 0.25) is 5.91 Å². The van der Waals surface area contributed by atoms with Crippen molar-refractivity contribution in [2.24, 2.45) is 0 Å². The van der Waals surface area contributed by atoms with Crippen LogP contribution in [0.15, 0.2) is 53.9 Å². The predicted molar refractivity (Wildman–Crippen MR) is 120 cm³/mol. The first kappa shape index (κ1) is 22.6. The number of benzene rings is 2. The zero-order chi connectivity index (χ0) is 22.6. The van der Waals surface area contributed by atoms with Gasteiger partial charge in [-0.2, -0.15) is 0 Å². The molecule has 0 saturated heterocycles. The molecule has 0 spiro atoms. The monoisotopic (exact) mass is 440 g/mol. The number of halogens is 1. The molecule has 162 valence electrons. The number of carbonyl (C=O) groups is 2. The number of nitrogens with zero attached hydrogens (tertiary/aromatic N) is 3. The van der Waals surface area contributed by atoms with Gasteiger partial charge < -0.3 is 5.32 Å². The van der Waals surface area contributed by atoms with E-state index in [4.69, 9.17) is 0 Å². The lowest BCUT2D eigenvalue weighted by Crippen LogP contribution is -2.51. The molecular formula is C23H25FN4O2S. The molecule has 0 saturated carbocycles. The summed E-state index contributed by atoms with van der Waals surface area (Å²) >= 11 is 1.03. The molecule has 0 radical (unpaired) electrons. The molecule has 6 nitrogen and oxygen atoms in total. The normalized spacial score (nSPS) is 12.3. The van der Waals surface area contributed by atoms with Gasteiger partial charge in [-0.05, 0) is 56.4 Å². The second-order valence-corrected chi connectivity index (χ2v) is 8.51. The maximum Gasteiger partial charge on any atom is 0.280 e. The number of carbonyl (C=O) groups excluding carboxylic acids is 2. The smallest absolute Gasteiger partial charge is 0.280 e. The third kappa shape index (κ3) is 4.96. The highest BCUT2D eigenvalue weighted by Crippen LogP contribution is 2.33. The molecule has 1 unspecified atom stereocenters. The standard InChI is InChI=1S/C23H25FN4O2S/c1-5-23(3,4)25-21(29)20(16-11-7-8-12-17(16)24)28(19-13-9-6-10-15(19)2)22(30)18-14-31-27-26-18/h6-14,20H,5H2,1-4H3,(H,25,29). The van der Waals surface area contributed by atoms with Crippen LogP contribution in [0.2, 0.25) is 0 Å². The minimum Gasteiger partial charge on any atom is -0.349 e. The van der Waals surface area contributed by atoms with Crippen LogP contribution < -0.4 is 10.2 Å². The number of para-hydroxylation sites is 1. The Hall–Kier alpha value is -3.13. The van der Waals surface area contributed by atoms with E-state index in [0.717, 1.165) is 17.1 Å². The number of aryl methyl sites for hydroxylation is 1. The van der Waals surface area contributed by atoms with Gasteiger partial charge >= 0.3 is 0 Å². The van der Waals surface area contributed by atoms with E-state index in [9.17, 15) is 14.0 Å². The van der Waals surface area contributed by atoms with Crippen LogP contribution in [0, 0.1) is 12.7 Å². The second-order valence-electron chi connectivity index (χ2n) is 7.90. The van der Waals surface area contributed by atoms with Crippen molar-refractivity contribution in [2.75, 3.05) is 4.90 Å². The van der Waals surface area contributed by atoms with E-state index in [1.165, 1.54) is 22.4 Å². The Labute approximate surface area is 185 Å². The van der Waals surface area contributed by atoms with Gasteiger partial charge in [0.1, 0.15) is 11.9 Å². The molecule has 1 heterocycles. The number of hydrogen-bond acceptors (Lipinski definition) is 5. The van der Waals surface area contributed by atoms with Crippen LogP contribution >= 0.6 is 11.5 Å². The number of rotatable bonds is 7. The summed E-state index contributed by atoms with van der Waals surface area (Å²) < 4.78 is 18.7. The Morgan fingerprint density at radius 3 is 2.45 bits per heavy atom. The topological polar surface area (TPSA) is 75.2 Å². The van der Waals surface area contributed by atoms with E-state index in [-0.39, 0.29) is 11.3 Å². The van der Waals surface area contributed by atoms with Crippen molar-refractivity contribution in [2.45, 2.75) is 45.7 Å². The fourth-order valence-corrected chi connectivity index (χ4v) is 3.60. The highest BCUT2D eigenvalue weighted by molar-refractivity contribution is 7.03. The highest BCUT2D eigenvalue weighted by atomic mass is 32.1. The van der Waals surface area contributed by atoms with E-state index >= 15 is 0 Å². The van der Waals surface area contributed by atoms with Gasteiger partial charge in [-0.1, -0.05) is 47.8 Å². The number of amides is 2. The zero-order valence-electron chi connectivity index (χ0n) is 17.9. The molecule has 2 aromatic carbocycles. The van der Waals surface area contributed by atoms with Crippen LogP contribution in [0.25, 0.3) is 0 Å². The van der Waals surface area contributed by atoms with Gasteiger partial charge in [-0.15, -0.1) is 5.10 Å². The summed E-state index contributed by atoms with van der Waals surface area (Å²) in [6.07, 6.45) is 0.664. The quantitative estimate of drug-likeness (QED) is 0.579. The molecular weight excluding hydrogens is 415 g/mol. The van der Waals surface area contributed by atoms with Crippen LogP contribution in [0.1, 0.15) is 54.8 Å². The highest BCUT2D eigenvalue weighted by Gasteiger charge is 2.38. The van der Waals surface area contributed by atoms with E-state index in [1.807, 2.05) is 39.8 Å². The first-order chi connectivity index (χ1) is 14.7. The Bertz CT molecular complexity index is 1070. The van der Waals surface area contributed by atoms with E-state index in [1.54, 1.807) is 24.3 Å². The molecule has 1 aromatic heterocycles. The summed E-state index contributed by atoms with van der Waals surface area (Å²) in [7, 11) is 0. The average Bonchev–Trinajstić information content (AvgIpc) is 3.28. The zero-order valence-corrected chi connectivity index (χ0v) is 18.7. The molecule has 0 aliphatic rings. The minimum atomic E-state index is -1.23. The van der Waals surface area contributed by atoms with Crippen LogP contribution in [0.5, 0.6) is 0 Å². The summed E-state index contributed by atoms with van der Waals surface area (Å²) in [6, 6.07) is 11.9. The van der Waals surface area contributed by atoms with Crippen LogP contribution in [-0.2, 0) is 4.79 Å². The van der Waals surface area contributed by atoms with Crippen molar-refractivity contribution < 1.29 is 14.0 Å². The van der Waals surface area contributed by atoms with Crippen molar-refractivity contribution in [3.05, 3.63) is 76.5 Å². The van der Waals surface area contributed by atoms with E-state index in [2.05, 4.69) is 14.9 Å². The number of nitrogens with one attached hydrogen (secondary N) is 1. The first-order valence-corrected chi connectivity index (χ1v) is 10.8. The molecule has 0 fully saturated rings. The fourth-order valence-electron chi connectivity index (χ4n) is 3.17. The molecule has 3 rings (SSSR count). The van der Waals surface area contributed by atoms with Gasteiger partial charge in [0.05, 0.1) is 0 Å². The van der Waals surface area contributed by atoms with Crippen molar-refractivity contribution in [3.63, 3.8) is 0 Å². The number of anilines is 1. The second kappa shape index (κ2) is 9.34. The largest absolute Gasteiger partial charge is 0.349 e. The lowest BCUT2D eigenvalue weighted by Gasteiger charge is -2.35. The fraction of sp³-hybridized carbons (Fsp3) is 0.304. The molecule has 0 bridgehead atoms. The Balaban J connectivity index is 2.22. The summed E-state index contributed by atoms with van der Waals surface area (Å²) in [5.74, 6) is -1.57. The van der Waals surface area contributed by atoms with Crippen molar-refractivity contribution >= 4 is 29.0 Å². The molecule has 1 N–H and O–H groups in total. The molecule has 2 amide bonds. The van der Waals surface area contributed by atoms with Crippen LogP contribution in [0.4, 0.5) is 10.1 Å². The number of hydrogen-bond donors (Lipinski definition) is 1. The molecule has 3 aromatic rings. The summed E-state index contributed by atoms with van der Waals surface area (Å²) in [5, 5.41) is 8.38. The van der Waals surface area contributed by atoms with Gasteiger partial charge in [0.15, 0.2) is 5.69 Å². The van der Waals surface area contributed by atoms with Gasteiger partial charge in [0.25, 0.3) is 5.91 Å². The third-order valence-corrected chi connectivity index (χ3v) is 5.73. The first-order valence-electron chi connectivity index (χ1n) is 9.98. The predicted octanol–water partition coefficient (Wildman–Crippen LogP) is 4.68. The van der Waals surface area contributed by atoms with Crippen molar-refractivity contribution in [3.8, 4) is 0 Å².